The van der Waals surface area contributed by atoms with Crippen LogP contribution in [0.1, 0.15) is 13.3 Å². The van der Waals surface area contributed by atoms with E-state index in [-0.39, 0.29) is 23.0 Å². The standard InChI is InChI=1S/C13H16BrNO3S/c1-10(2)9-15-13(16)6-7-19(17,18)12-5-3-4-11(14)8-12/h3-5,8H,1,6-7,9H2,2H3,(H,15,16). The first-order chi connectivity index (χ1) is 8.81. The molecule has 0 aliphatic rings. The lowest BCUT2D eigenvalue weighted by Gasteiger charge is -2.06. The van der Waals surface area contributed by atoms with Crippen molar-refractivity contribution in [2.45, 2.75) is 18.2 Å². The van der Waals surface area contributed by atoms with E-state index in [2.05, 4.69) is 27.8 Å². The van der Waals surface area contributed by atoms with Crippen LogP contribution in [0.5, 0.6) is 0 Å². The van der Waals surface area contributed by atoms with Crippen LogP contribution >= 0.6 is 15.9 Å². The zero-order valence-electron chi connectivity index (χ0n) is 10.6. The van der Waals surface area contributed by atoms with Gasteiger partial charge in [0.1, 0.15) is 0 Å². The number of halogens is 1. The molecule has 1 rings (SSSR count). The number of sulfone groups is 1. The van der Waals surface area contributed by atoms with E-state index in [4.69, 9.17) is 0 Å². The van der Waals surface area contributed by atoms with Gasteiger partial charge in [0, 0.05) is 17.4 Å². The number of carbonyl (C=O) groups excluding carboxylic acids is 1. The van der Waals surface area contributed by atoms with Crippen molar-refractivity contribution < 1.29 is 13.2 Å². The molecule has 0 aromatic heterocycles. The van der Waals surface area contributed by atoms with Crippen molar-refractivity contribution in [1.29, 1.82) is 0 Å². The summed E-state index contributed by atoms with van der Waals surface area (Å²) in [5.41, 5.74) is 0.822. The molecule has 0 aliphatic carbocycles. The molecule has 1 N–H and O–H groups in total. The minimum atomic E-state index is -3.43. The van der Waals surface area contributed by atoms with E-state index >= 15 is 0 Å². The maximum Gasteiger partial charge on any atom is 0.221 e. The Bertz CT molecular complexity index is 581. The Kier molecular flexibility index (Phi) is 5.75. The maximum atomic E-state index is 12.0. The first-order valence-corrected chi connectivity index (χ1v) is 8.15. The highest BCUT2D eigenvalue weighted by atomic mass is 79.9. The number of hydrogen-bond acceptors (Lipinski definition) is 3. The first kappa shape index (κ1) is 15.9. The number of hydrogen-bond donors (Lipinski definition) is 1. The first-order valence-electron chi connectivity index (χ1n) is 5.70. The second-order valence-electron chi connectivity index (χ2n) is 4.26. The minimum absolute atomic E-state index is 0.0534. The molecule has 0 atom stereocenters. The number of rotatable bonds is 6. The summed E-state index contributed by atoms with van der Waals surface area (Å²) in [5.74, 6) is -0.493. The van der Waals surface area contributed by atoms with Gasteiger partial charge in [0.15, 0.2) is 9.84 Å². The Morgan fingerprint density at radius 2 is 2.11 bits per heavy atom. The van der Waals surface area contributed by atoms with Crippen LogP contribution in [0.4, 0.5) is 0 Å². The van der Waals surface area contributed by atoms with Crippen LogP contribution in [0.2, 0.25) is 0 Å². The lowest BCUT2D eigenvalue weighted by atomic mass is 10.3. The van der Waals surface area contributed by atoms with Crippen LogP contribution in [0.3, 0.4) is 0 Å². The van der Waals surface area contributed by atoms with Crippen molar-refractivity contribution >= 4 is 31.7 Å². The van der Waals surface area contributed by atoms with Gasteiger partial charge < -0.3 is 5.32 Å². The smallest absolute Gasteiger partial charge is 0.221 e. The molecule has 0 fully saturated rings. The van der Waals surface area contributed by atoms with Crippen molar-refractivity contribution in [3.05, 3.63) is 40.9 Å². The lowest BCUT2D eigenvalue weighted by Crippen LogP contribution is -2.26. The molecular weight excluding hydrogens is 330 g/mol. The number of nitrogens with one attached hydrogen (secondary N) is 1. The molecule has 1 amide bonds. The molecular formula is C13H16BrNO3S. The van der Waals surface area contributed by atoms with Crippen LogP contribution in [-0.4, -0.2) is 26.6 Å². The third-order valence-corrected chi connectivity index (χ3v) is 4.55. The molecule has 6 heteroatoms. The van der Waals surface area contributed by atoms with Gasteiger partial charge in [-0.3, -0.25) is 4.79 Å². The van der Waals surface area contributed by atoms with Crippen LogP contribution in [0, 0.1) is 0 Å². The van der Waals surface area contributed by atoms with Crippen LogP contribution in [0.15, 0.2) is 45.8 Å². The Morgan fingerprint density at radius 1 is 1.42 bits per heavy atom. The van der Waals surface area contributed by atoms with Gasteiger partial charge in [-0.25, -0.2) is 8.42 Å². The van der Waals surface area contributed by atoms with Crippen LogP contribution < -0.4 is 5.32 Å². The zero-order chi connectivity index (χ0) is 14.5. The fourth-order valence-corrected chi connectivity index (χ4v) is 3.18. The maximum absolute atomic E-state index is 12.0. The molecule has 0 saturated carbocycles. The molecule has 0 saturated heterocycles. The monoisotopic (exact) mass is 345 g/mol. The van der Waals surface area contributed by atoms with Gasteiger partial charge in [0.25, 0.3) is 0 Å². The molecule has 1 aromatic rings. The molecule has 0 unspecified atom stereocenters. The molecule has 0 heterocycles. The second-order valence-corrected chi connectivity index (χ2v) is 7.28. The van der Waals surface area contributed by atoms with Crippen LogP contribution in [0.25, 0.3) is 0 Å². The zero-order valence-corrected chi connectivity index (χ0v) is 13.1. The SMILES string of the molecule is C=C(C)CNC(=O)CCS(=O)(=O)c1cccc(Br)c1. The molecule has 104 valence electrons. The van der Waals surface area contributed by atoms with Crippen molar-refractivity contribution in [2.24, 2.45) is 0 Å². The summed E-state index contributed by atoms with van der Waals surface area (Å²) in [6.07, 6.45) is -0.0534. The average molecular weight is 346 g/mol. The molecule has 4 nitrogen and oxygen atoms in total. The molecule has 0 bridgehead atoms. The highest BCUT2D eigenvalue weighted by molar-refractivity contribution is 9.10. The predicted octanol–water partition coefficient (Wildman–Crippen LogP) is 2.31. The summed E-state index contributed by atoms with van der Waals surface area (Å²) in [6.45, 7) is 5.82. The van der Waals surface area contributed by atoms with Crippen molar-refractivity contribution in [1.82, 2.24) is 5.32 Å². The third-order valence-electron chi connectivity index (χ3n) is 2.34. The number of benzene rings is 1. The number of amides is 1. The number of carbonyl (C=O) groups is 1. The summed E-state index contributed by atoms with van der Waals surface area (Å²) < 4.78 is 24.7. The highest BCUT2D eigenvalue weighted by Crippen LogP contribution is 2.17. The van der Waals surface area contributed by atoms with E-state index in [9.17, 15) is 13.2 Å². The highest BCUT2D eigenvalue weighted by Gasteiger charge is 2.16. The summed E-state index contributed by atoms with van der Waals surface area (Å²) in [6, 6.07) is 6.45. The Morgan fingerprint density at radius 3 is 2.68 bits per heavy atom. The van der Waals surface area contributed by atoms with Gasteiger partial charge in [-0.05, 0) is 25.1 Å². The Balaban J connectivity index is 2.61. The van der Waals surface area contributed by atoms with Crippen LogP contribution in [-0.2, 0) is 14.6 Å². The quantitative estimate of drug-likeness (QED) is 0.804. The lowest BCUT2D eigenvalue weighted by molar-refractivity contribution is -0.120. The molecule has 1 aromatic carbocycles. The van der Waals surface area contributed by atoms with Gasteiger partial charge >= 0.3 is 0 Å². The molecule has 0 radical (unpaired) electrons. The van der Waals surface area contributed by atoms with Gasteiger partial charge in [-0.1, -0.05) is 34.1 Å². The molecule has 0 aliphatic heterocycles. The van der Waals surface area contributed by atoms with E-state index in [1.54, 1.807) is 19.1 Å². The largest absolute Gasteiger partial charge is 0.352 e. The van der Waals surface area contributed by atoms with Gasteiger partial charge in [-0.15, -0.1) is 0 Å². The fourth-order valence-electron chi connectivity index (χ4n) is 1.34. The van der Waals surface area contributed by atoms with E-state index in [0.717, 1.165) is 5.57 Å². The van der Waals surface area contributed by atoms with E-state index in [0.29, 0.717) is 11.0 Å². The van der Waals surface area contributed by atoms with Gasteiger partial charge in [-0.2, -0.15) is 0 Å². The topological polar surface area (TPSA) is 63.2 Å². The predicted molar refractivity (Wildman–Crippen MR) is 78.6 cm³/mol. The summed E-state index contributed by atoms with van der Waals surface area (Å²) in [4.78, 5) is 11.7. The Hall–Kier alpha value is -1.14. The Labute approximate surface area is 122 Å². The third kappa shape index (κ3) is 5.57. The minimum Gasteiger partial charge on any atom is -0.352 e. The van der Waals surface area contributed by atoms with Crippen molar-refractivity contribution in [2.75, 3.05) is 12.3 Å². The average Bonchev–Trinajstić information content (AvgIpc) is 2.34. The van der Waals surface area contributed by atoms with E-state index in [1.165, 1.54) is 12.1 Å². The molecule has 0 spiro atoms. The normalized spacial score (nSPS) is 11.1. The summed E-state index contributed by atoms with van der Waals surface area (Å²) >= 11 is 3.22. The molecule has 19 heavy (non-hydrogen) atoms. The van der Waals surface area contributed by atoms with Gasteiger partial charge in [0.05, 0.1) is 10.6 Å². The van der Waals surface area contributed by atoms with E-state index in [1.807, 2.05) is 0 Å². The second kappa shape index (κ2) is 6.86. The summed E-state index contributed by atoms with van der Waals surface area (Å²) in [5, 5.41) is 2.61. The van der Waals surface area contributed by atoms with Gasteiger partial charge in [0.2, 0.25) is 5.91 Å². The summed E-state index contributed by atoms with van der Waals surface area (Å²) in [7, 11) is -3.43. The van der Waals surface area contributed by atoms with E-state index < -0.39 is 9.84 Å². The fraction of sp³-hybridized carbons (Fsp3) is 0.308. The van der Waals surface area contributed by atoms with Crippen molar-refractivity contribution in [3.8, 4) is 0 Å². The van der Waals surface area contributed by atoms with Crippen molar-refractivity contribution in [3.63, 3.8) is 0 Å².